The predicted molar refractivity (Wildman–Crippen MR) is 124 cm³/mol. The van der Waals surface area contributed by atoms with Gasteiger partial charge in [0.2, 0.25) is 0 Å². The molecule has 2 N–H and O–H groups in total. The lowest BCUT2D eigenvalue weighted by atomic mass is 10.0. The molecular formula is C24H26F4N6O. The van der Waals surface area contributed by atoms with Crippen LogP contribution in [0.1, 0.15) is 28.0 Å². The number of anilines is 1. The number of carbonyl (C=O) groups excluding carboxylic acids is 1. The highest BCUT2D eigenvalue weighted by molar-refractivity contribution is 5.94. The summed E-state index contributed by atoms with van der Waals surface area (Å²) in [5.41, 5.74) is 0.595. The molecule has 0 saturated carbocycles. The van der Waals surface area contributed by atoms with Crippen LogP contribution in [0.25, 0.3) is 5.52 Å². The second-order valence-corrected chi connectivity index (χ2v) is 8.70. The Kier molecular flexibility index (Phi) is 7.03. The Bertz CT molecular complexity index is 1270. The Labute approximate surface area is 200 Å². The lowest BCUT2D eigenvalue weighted by Crippen LogP contribution is -2.46. The number of alkyl halides is 4. The summed E-state index contributed by atoms with van der Waals surface area (Å²) in [7, 11) is 3.62. The van der Waals surface area contributed by atoms with Crippen molar-refractivity contribution in [3.63, 3.8) is 0 Å². The normalized spacial score (nSPS) is 18.8. The van der Waals surface area contributed by atoms with Gasteiger partial charge in [0.1, 0.15) is 17.7 Å². The molecule has 3 aromatic heterocycles. The summed E-state index contributed by atoms with van der Waals surface area (Å²) in [4.78, 5) is 14.0. The van der Waals surface area contributed by atoms with Crippen molar-refractivity contribution < 1.29 is 22.4 Å². The Hall–Kier alpha value is -3.52. The number of hydrogen-bond acceptors (Lipinski definition) is 4. The summed E-state index contributed by atoms with van der Waals surface area (Å²) in [5, 5.41) is 10.0. The molecule has 0 aromatic carbocycles. The minimum atomic E-state index is -4.47. The number of pyridine rings is 1. The average Bonchev–Trinajstić information content (AvgIpc) is 3.36. The molecule has 1 saturated heterocycles. The number of nitrogens with zero attached hydrogens (tertiary/aromatic N) is 4. The quantitative estimate of drug-likeness (QED) is 0.426. The maximum atomic E-state index is 14.5. The molecule has 35 heavy (non-hydrogen) atoms. The molecule has 1 aliphatic heterocycles. The molecule has 4 heterocycles. The van der Waals surface area contributed by atoms with Crippen molar-refractivity contribution in [3.8, 4) is 11.8 Å². The van der Waals surface area contributed by atoms with Gasteiger partial charge in [-0.2, -0.15) is 18.3 Å². The van der Waals surface area contributed by atoms with E-state index in [1.54, 1.807) is 42.2 Å². The molecule has 186 valence electrons. The Balaban J connectivity index is 1.59. The zero-order valence-electron chi connectivity index (χ0n) is 19.4. The summed E-state index contributed by atoms with van der Waals surface area (Å²) < 4.78 is 57.7. The van der Waals surface area contributed by atoms with Gasteiger partial charge in [0.05, 0.1) is 30.1 Å². The first-order valence-corrected chi connectivity index (χ1v) is 11.2. The van der Waals surface area contributed by atoms with Crippen LogP contribution in [0.3, 0.4) is 0 Å². The standard InChI is InChI=1S/C24H26F4N6O/c1-32-11-8-16(14-32)23(35)29-10-4-5-19-17(13-24(26,27)28)21-6-3-7-22(34(21)31-19)30-20-9-12-33(2)15-18(20)25/h3,6-8,11,14,18,20,30H,9-10,12-13,15H2,1-2H3,(H,29,35)/t18-,20+/m0/s1. The molecule has 4 rings (SSSR count). The van der Waals surface area contributed by atoms with E-state index in [-0.39, 0.29) is 35.8 Å². The van der Waals surface area contributed by atoms with Crippen LogP contribution in [-0.4, -0.2) is 70.1 Å². The van der Waals surface area contributed by atoms with Gasteiger partial charge in [0, 0.05) is 38.1 Å². The van der Waals surface area contributed by atoms with Crippen LogP contribution >= 0.6 is 0 Å². The lowest BCUT2D eigenvalue weighted by molar-refractivity contribution is -0.127. The number of aryl methyl sites for hydroxylation is 1. The van der Waals surface area contributed by atoms with E-state index in [4.69, 9.17) is 0 Å². The van der Waals surface area contributed by atoms with Gasteiger partial charge in [0.25, 0.3) is 5.91 Å². The fourth-order valence-electron chi connectivity index (χ4n) is 4.10. The van der Waals surface area contributed by atoms with Gasteiger partial charge in [-0.1, -0.05) is 12.0 Å². The van der Waals surface area contributed by atoms with E-state index in [9.17, 15) is 22.4 Å². The first-order valence-electron chi connectivity index (χ1n) is 11.2. The van der Waals surface area contributed by atoms with Gasteiger partial charge in [-0.3, -0.25) is 4.79 Å². The smallest absolute Gasteiger partial charge is 0.364 e. The summed E-state index contributed by atoms with van der Waals surface area (Å²) >= 11 is 0. The SMILES string of the molecule is CN1CC[C@@H](Nc2cccc3c(CC(F)(F)F)c(C#CCNC(=O)c4ccn(C)c4)nn23)[C@@H](F)C1. The molecule has 0 unspecified atom stereocenters. The molecule has 3 aromatic rings. The molecule has 0 bridgehead atoms. The summed E-state index contributed by atoms with van der Waals surface area (Å²) in [5.74, 6) is 5.42. The number of rotatable bonds is 5. The van der Waals surface area contributed by atoms with Crippen molar-refractivity contribution in [3.05, 3.63) is 53.5 Å². The predicted octanol–water partition coefficient (Wildman–Crippen LogP) is 3.01. The van der Waals surface area contributed by atoms with Crippen molar-refractivity contribution in [2.75, 3.05) is 32.0 Å². The first-order chi connectivity index (χ1) is 16.6. The fraction of sp³-hybridized carbons (Fsp3) is 0.417. The number of piperidine rings is 1. The van der Waals surface area contributed by atoms with Crippen LogP contribution in [0, 0.1) is 11.8 Å². The molecule has 0 spiro atoms. The molecule has 1 amide bonds. The van der Waals surface area contributed by atoms with Gasteiger partial charge in [0.15, 0.2) is 0 Å². The van der Waals surface area contributed by atoms with Crippen LogP contribution in [0.15, 0.2) is 36.7 Å². The van der Waals surface area contributed by atoms with Crippen LogP contribution in [0.4, 0.5) is 23.4 Å². The third-order valence-corrected chi connectivity index (χ3v) is 5.85. The lowest BCUT2D eigenvalue weighted by Gasteiger charge is -2.33. The van der Waals surface area contributed by atoms with Crippen LogP contribution in [0.2, 0.25) is 0 Å². The number of hydrogen-bond donors (Lipinski definition) is 2. The molecule has 0 aliphatic carbocycles. The Morgan fingerprint density at radius 2 is 2.06 bits per heavy atom. The highest BCUT2D eigenvalue weighted by Gasteiger charge is 2.32. The number of likely N-dealkylation sites (tertiary alicyclic amines) is 1. The largest absolute Gasteiger partial charge is 0.393 e. The maximum Gasteiger partial charge on any atom is 0.393 e. The van der Waals surface area contributed by atoms with E-state index in [2.05, 4.69) is 27.6 Å². The van der Waals surface area contributed by atoms with E-state index in [1.807, 2.05) is 11.9 Å². The van der Waals surface area contributed by atoms with Crippen LogP contribution in [0.5, 0.6) is 0 Å². The molecule has 1 fully saturated rings. The van der Waals surface area contributed by atoms with Crippen molar-refractivity contribution >= 4 is 17.2 Å². The molecular weight excluding hydrogens is 464 g/mol. The van der Waals surface area contributed by atoms with E-state index in [0.29, 0.717) is 24.3 Å². The van der Waals surface area contributed by atoms with Gasteiger partial charge in [-0.05, 0) is 37.6 Å². The fourth-order valence-corrected chi connectivity index (χ4v) is 4.10. The highest BCUT2D eigenvalue weighted by Crippen LogP contribution is 2.28. The molecule has 1 aliphatic rings. The van der Waals surface area contributed by atoms with E-state index >= 15 is 0 Å². The Morgan fingerprint density at radius 3 is 2.74 bits per heavy atom. The topological polar surface area (TPSA) is 66.6 Å². The van der Waals surface area contributed by atoms with E-state index in [1.165, 1.54) is 10.6 Å². The number of carbonyl (C=O) groups is 1. The molecule has 2 atom stereocenters. The Morgan fingerprint density at radius 1 is 1.26 bits per heavy atom. The second-order valence-electron chi connectivity index (χ2n) is 8.70. The minimum absolute atomic E-state index is 0.0364. The highest BCUT2D eigenvalue weighted by atomic mass is 19.4. The van der Waals surface area contributed by atoms with Crippen LogP contribution < -0.4 is 10.6 Å². The van der Waals surface area contributed by atoms with Gasteiger partial charge < -0.3 is 20.1 Å². The summed E-state index contributed by atoms with van der Waals surface area (Å²) in [6, 6.07) is 5.96. The third kappa shape index (κ3) is 5.95. The van der Waals surface area contributed by atoms with Crippen molar-refractivity contribution in [2.45, 2.75) is 31.2 Å². The van der Waals surface area contributed by atoms with Crippen molar-refractivity contribution in [1.82, 2.24) is 24.4 Å². The first kappa shape index (κ1) is 24.6. The van der Waals surface area contributed by atoms with Gasteiger partial charge in [-0.25, -0.2) is 8.91 Å². The zero-order valence-corrected chi connectivity index (χ0v) is 19.4. The van der Waals surface area contributed by atoms with Gasteiger partial charge in [-0.15, -0.1) is 0 Å². The maximum absolute atomic E-state index is 14.5. The van der Waals surface area contributed by atoms with Gasteiger partial charge >= 0.3 is 6.18 Å². The number of halogens is 4. The molecule has 11 heteroatoms. The number of aromatic nitrogens is 3. The third-order valence-electron chi connectivity index (χ3n) is 5.85. The monoisotopic (exact) mass is 490 g/mol. The summed E-state index contributed by atoms with van der Waals surface area (Å²) in [6.45, 7) is 0.923. The average molecular weight is 491 g/mol. The van der Waals surface area contributed by atoms with Crippen molar-refractivity contribution in [1.29, 1.82) is 0 Å². The van der Waals surface area contributed by atoms with Crippen molar-refractivity contribution in [2.24, 2.45) is 7.05 Å². The van der Waals surface area contributed by atoms with E-state index < -0.39 is 24.8 Å². The number of fused-ring (bicyclic) bond motifs is 1. The number of nitrogens with one attached hydrogen (secondary N) is 2. The number of amides is 1. The second kappa shape index (κ2) is 10.00. The van der Waals surface area contributed by atoms with E-state index in [0.717, 1.165) is 0 Å². The van der Waals surface area contributed by atoms with Crippen LogP contribution in [-0.2, 0) is 13.5 Å². The zero-order chi connectivity index (χ0) is 25.2. The summed E-state index contributed by atoms with van der Waals surface area (Å²) in [6.07, 6.45) is -2.88. The molecule has 7 nitrogen and oxygen atoms in total. The molecule has 0 radical (unpaired) electrons. The minimum Gasteiger partial charge on any atom is -0.364 e.